The molecule has 1 nitrogen and oxygen atoms in total. The van der Waals surface area contributed by atoms with Gasteiger partial charge in [-0.05, 0) is 29.7 Å². The Balaban J connectivity index is 2.20. The highest BCUT2D eigenvalue weighted by Crippen LogP contribution is 2.29. The Bertz CT molecular complexity index is 389. The van der Waals surface area contributed by atoms with Crippen molar-refractivity contribution >= 4 is 17.3 Å². The molecule has 0 radical (unpaired) electrons. The van der Waals surface area contributed by atoms with E-state index in [9.17, 15) is 4.39 Å². The van der Waals surface area contributed by atoms with Gasteiger partial charge in [0.15, 0.2) is 0 Å². The van der Waals surface area contributed by atoms with Crippen molar-refractivity contribution in [1.82, 2.24) is 0 Å². The van der Waals surface area contributed by atoms with Crippen molar-refractivity contribution in [2.24, 2.45) is 0 Å². The SMILES string of the molecule is C=C(CCl)CN1CCc2ccc(F)cc21. The minimum atomic E-state index is -0.183. The maximum absolute atomic E-state index is 13.1. The molecule has 1 aliphatic heterocycles. The third-order valence-corrected chi connectivity index (χ3v) is 3.02. The number of hydrogen-bond acceptors (Lipinski definition) is 1. The number of rotatable bonds is 3. The summed E-state index contributed by atoms with van der Waals surface area (Å²) in [5, 5.41) is 0. The first-order valence-electron chi connectivity index (χ1n) is 4.96. The minimum Gasteiger partial charge on any atom is -0.367 e. The molecule has 0 unspecified atom stereocenters. The molecule has 0 aromatic heterocycles. The van der Waals surface area contributed by atoms with E-state index in [1.54, 1.807) is 6.07 Å². The normalized spacial score (nSPS) is 14.1. The first-order chi connectivity index (χ1) is 7.20. The number of nitrogens with zero attached hydrogens (tertiary/aromatic N) is 1. The third-order valence-electron chi connectivity index (χ3n) is 2.64. The summed E-state index contributed by atoms with van der Waals surface area (Å²) < 4.78 is 13.1. The number of halogens is 2. The van der Waals surface area contributed by atoms with Crippen molar-refractivity contribution < 1.29 is 4.39 Å². The lowest BCUT2D eigenvalue weighted by molar-refractivity contribution is 0.627. The van der Waals surface area contributed by atoms with Crippen LogP contribution in [0.25, 0.3) is 0 Å². The fourth-order valence-corrected chi connectivity index (χ4v) is 1.98. The van der Waals surface area contributed by atoms with Gasteiger partial charge in [-0.1, -0.05) is 12.6 Å². The zero-order chi connectivity index (χ0) is 10.8. The highest BCUT2D eigenvalue weighted by molar-refractivity contribution is 6.19. The van der Waals surface area contributed by atoms with Crippen molar-refractivity contribution in [3.05, 3.63) is 41.7 Å². The van der Waals surface area contributed by atoms with Gasteiger partial charge in [0, 0.05) is 24.7 Å². The summed E-state index contributed by atoms with van der Waals surface area (Å²) >= 11 is 5.69. The minimum absolute atomic E-state index is 0.183. The van der Waals surface area contributed by atoms with Crippen LogP contribution in [0.15, 0.2) is 30.4 Å². The lowest BCUT2D eigenvalue weighted by Gasteiger charge is -2.19. The third kappa shape index (κ3) is 2.15. The Labute approximate surface area is 94.2 Å². The summed E-state index contributed by atoms with van der Waals surface area (Å²) in [7, 11) is 0. The van der Waals surface area contributed by atoms with Crippen LogP contribution in [0.5, 0.6) is 0 Å². The van der Waals surface area contributed by atoms with Crippen LogP contribution in [0.3, 0.4) is 0 Å². The lowest BCUT2D eigenvalue weighted by Crippen LogP contribution is -2.23. The van der Waals surface area contributed by atoms with Gasteiger partial charge in [-0.25, -0.2) is 4.39 Å². The van der Waals surface area contributed by atoms with Crippen LogP contribution in [0, 0.1) is 5.82 Å². The van der Waals surface area contributed by atoms with Gasteiger partial charge in [-0.3, -0.25) is 0 Å². The summed E-state index contributed by atoms with van der Waals surface area (Å²) in [6, 6.07) is 4.96. The molecule has 0 aliphatic carbocycles. The van der Waals surface area contributed by atoms with Gasteiger partial charge in [0.05, 0.1) is 0 Å². The molecule has 0 saturated carbocycles. The van der Waals surface area contributed by atoms with Crippen molar-refractivity contribution in [3.63, 3.8) is 0 Å². The first-order valence-corrected chi connectivity index (χ1v) is 5.50. The fraction of sp³-hybridized carbons (Fsp3) is 0.333. The Morgan fingerprint density at radius 2 is 2.33 bits per heavy atom. The molecule has 80 valence electrons. The molecule has 1 aromatic rings. The maximum atomic E-state index is 13.1. The molecule has 0 bridgehead atoms. The van der Waals surface area contributed by atoms with E-state index in [0.717, 1.165) is 30.8 Å². The van der Waals surface area contributed by atoms with E-state index in [-0.39, 0.29) is 5.82 Å². The Morgan fingerprint density at radius 1 is 1.53 bits per heavy atom. The van der Waals surface area contributed by atoms with E-state index < -0.39 is 0 Å². The average molecular weight is 226 g/mol. The van der Waals surface area contributed by atoms with Crippen molar-refractivity contribution in [1.29, 1.82) is 0 Å². The molecule has 1 aliphatic rings. The number of anilines is 1. The number of benzene rings is 1. The van der Waals surface area contributed by atoms with Crippen LogP contribution in [0.1, 0.15) is 5.56 Å². The molecule has 0 N–H and O–H groups in total. The monoisotopic (exact) mass is 225 g/mol. The molecule has 3 heteroatoms. The largest absolute Gasteiger partial charge is 0.367 e. The summed E-state index contributed by atoms with van der Waals surface area (Å²) in [6.45, 7) is 5.51. The zero-order valence-corrected chi connectivity index (χ0v) is 9.23. The predicted octanol–water partition coefficient (Wildman–Crippen LogP) is 2.98. The van der Waals surface area contributed by atoms with Gasteiger partial charge < -0.3 is 4.90 Å². The quantitative estimate of drug-likeness (QED) is 0.565. The van der Waals surface area contributed by atoms with Crippen LogP contribution in [-0.4, -0.2) is 19.0 Å². The fourth-order valence-electron chi connectivity index (χ4n) is 1.90. The number of fused-ring (bicyclic) bond motifs is 1. The van der Waals surface area contributed by atoms with Crippen LogP contribution >= 0.6 is 11.6 Å². The molecular formula is C12H13ClFN. The molecular weight excluding hydrogens is 213 g/mol. The van der Waals surface area contributed by atoms with Crippen LogP contribution in [-0.2, 0) is 6.42 Å². The summed E-state index contributed by atoms with van der Waals surface area (Å²) in [5.41, 5.74) is 3.16. The molecule has 1 heterocycles. The van der Waals surface area contributed by atoms with E-state index in [2.05, 4.69) is 11.5 Å². The maximum Gasteiger partial charge on any atom is 0.125 e. The number of hydrogen-bond donors (Lipinski definition) is 0. The van der Waals surface area contributed by atoms with Crippen LogP contribution < -0.4 is 4.90 Å². The smallest absolute Gasteiger partial charge is 0.125 e. The van der Waals surface area contributed by atoms with E-state index >= 15 is 0 Å². The molecule has 15 heavy (non-hydrogen) atoms. The van der Waals surface area contributed by atoms with Crippen molar-refractivity contribution in [2.75, 3.05) is 23.9 Å². The van der Waals surface area contributed by atoms with Gasteiger partial charge in [0.1, 0.15) is 5.82 Å². The second-order valence-electron chi connectivity index (χ2n) is 3.83. The van der Waals surface area contributed by atoms with Crippen LogP contribution in [0.2, 0.25) is 0 Å². The van der Waals surface area contributed by atoms with Gasteiger partial charge in [-0.15, -0.1) is 11.6 Å². The van der Waals surface area contributed by atoms with Gasteiger partial charge in [0.25, 0.3) is 0 Å². The average Bonchev–Trinajstić information content (AvgIpc) is 2.61. The molecule has 1 aromatic carbocycles. The Hall–Kier alpha value is -1.02. The first kappa shape index (κ1) is 10.5. The lowest BCUT2D eigenvalue weighted by atomic mass is 10.1. The summed E-state index contributed by atoms with van der Waals surface area (Å²) in [5.74, 6) is 0.276. The second kappa shape index (κ2) is 4.23. The van der Waals surface area contributed by atoms with Gasteiger partial charge in [-0.2, -0.15) is 0 Å². The summed E-state index contributed by atoms with van der Waals surface area (Å²) in [6.07, 6.45) is 0.977. The van der Waals surface area contributed by atoms with E-state index in [1.165, 1.54) is 11.6 Å². The van der Waals surface area contributed by atoms with E-state index in [0.29, 0.717) is 5.88 Å². The molecule has 2 rings (SSSR count). The Kier molecular flexibility index (Phi) is 2.96. The molecule has 0 saturated heterocycles. The molecule has 0 atom stereocenters. The van der Waals surface area contributed by atoms with E-state index in [4.69, 9.17) is 11.6 Å². The zero-order valence-electron chi connectivity index (χ0n) is 8.47. The van der Waals surface area contributed by atoms with Crippen LogP contribution in [0.4, 0.5) is 10.1 Å². The standard InChI is InChI=1S/C12H13ClFN/c1-9(7-13)8-15-5-4-10-2-3-11(14)6-12(10)15/h2-3,6H,1,4-5,7-8H2. The highest BCUT2D eigenvalue weighted by atomic mass is 35.5. The molecule has 0 spiro atoms. The van der Waals surface area contributed by atoms with Gasteiger partial charge >= 0.3 is 0 Å². The highest BCUT2D eigenvalue weighted by Gasteiger charge is 2.19. The predicted molar refractivity (Wildman–Crippen MR) is 62.2 cm³/mol. The molecule has 0 amide bonds. The van der Waals surface area contributed by atoms with E-state index in [1.807, 2.05) is 6.07 Å². The van der Waals surface area contributed by atoms with Crippen molar-refractivity contribution in [3.8, 4) is 0 Å². The van der Waals surface area contributed by atoms with Crippen molar-refractivity contribution in [2.45, 2.75) is 6.42 Å². The number of alkyl halides is 1. The second-order valence-corrected chi connectivity index (χ2v) is 4.10. The molecule has 0 fully saturated rings. The Morgan fingerprint density at radius 3 is 3.07 bits per heavy atom. The van der Waals surface area contributed by atoms with Gasteiger partial charge in [0.2, 0.25) is 0 Å². The summed E-state index contributed by atoms with van der Waals surface area (Å²) in [4.78, 5) is 2.13. The topological polar surface area (TPSA) is 3.24 Å².